The Hall–Kier alpha value is -2.18. The van der Waals surface area contributed by atoms with E-state index in [1.165, 1.54) is 16.6 Å². The Morgan fingerprint density at radius 1 is 1.09 bits per heavy atom. The number of halogens is 1. The van der Waals surface area contributed by atoms with Gasteiger partial charge in [0.15, 0.2) is 0 Å². The number of aliphatic hydroxyl groups is 1. The summed E-state index contributed by atoms with van der Waals surface area (Å²) in [4.78, 5) is 4.28. The van der Waals surface area contributed by atoms with Crippen molar-refractivity contribution < 1.29 is 13.9 Å². The van der Waals surface area contributed by atoms with Gasteiger partial charge in [-0.2, -0.15) is 0 Å². The van der Waals surface area contributed by atoms with Gasteiger partial charge in [-0.3, -0.25) is 0 Å². The van der Waals surface area contributed by atoms with Crippen molar-refractivity contribution in [2.75, 3.05) is 0 Å². The number of aromatic nitrogens is 1. The Morgan fingerprint density at radius 2 is 1.66 bits per heavy atom. The average molecular weight is 470 g/mol. The molecule has 1 N–H and O–H groups in total. The molecule has 3 rings (SSSR count). The van der Waals surface area contributed by atoms with Gasteiger partial charge in [0.05, 0.1) is 12.0 Å². The van der Waals surface area contributed by atoms with Crippen LogP contribution in [-0.2, 0) is 10.3 Å². The highest BCUT2D eigenvalue weighted by molar-refractivity contribution is 6.99. The van der Waals surface area contributed by atoms with Crippen molar-refractivity contribution in [1.29, 1.82) is 0 Å². The largest absolute Gasteiger partial charge is 0.447 e. The molecule has 0 aliphatic heterocycles. The highest BCUT2D eigenvalue weighted by atomic mass is 35.5. The second kappa shape index (κ2) is 10.6. The van der Waals surface area contributed by atoms with Crippen LogP contribution in [0.5, 0.6) is 0 Å². The molecular weight excluding hydrogens is 438 g/mol. The maximum Gasteiger partial charge on any atom is 0.261 e. The summed E-state index contributed by atoms with van der Waals surface area (Å²) in [5.41, 5.74) is 0.473. The predicted molar refractivity (Wildman–Crippen MR) is 133 cm³/mol. The molecule has 1 aromatic heterocycles. The first-order valence-electron chi connectivity index (χ1n) is 10.9. The summed E-state index contributed by atoms with van der Waals surface area (Å²) in [5.74, 6) is 0.565. The second-order valence-electron chi connectivity index (χ2n) is 8.98. The minimum Gasteiger partial charge on any atom is -0.447 e. The first kappa shape index (κ1) is 24.5. The first-order valence-corrected chi connectivity index (χ1v) is 13.3. The maximum atomic E-state index is 10.9. The molecule has 3 aromatic rings. The molecule has 0 unspecified atom stereocenters. The predicted octanol–water partition coefficient (Wildman–Crippen LogP) is 5.36. The molecule has 0 aliphatic rings. The minimum atomic E-state index is -2.74. The SMILES string of the molecule is C=CC[C@H](C[C@@H](O)c1coc(CCl)n1)O[Si](c1ccccc1)(c1ccccc1)C(C)(C)C. The van der Waals surface area contributed by atoms with Crippen LogP contribution in [0.2, 0.25) is 5.04 Å². The zero-order chi connectivity index (χ0) is 23.2. The summed E-state index contributed by atoms with van der Waals surface area (Å²) >= 11 is 5.80. The molecule has 0 amide bonds. The summed E-state index contributed by atoms with van der Waals surface area (Å²) in [5, 5.41) is 13.2. The Kier molecular flexibility index (Phi) is 8.12. The van der Waals surface area contributed by atoms with Crippen LogP contribution in [0.15, 0.2) is 84.0 Å². The van der Waals surface area contributed by atoms with Crippen LogP contribution in [0.1, 0.15) is 51.3 Å². The van der Waals surface area contributed by atoms with Crippen molar-refractivity contribution in [2.24, 2.45) is 0 Å². The summed E-state index contributed by atoms with van der Waals surface area (Å²) < 4.78 is 12.5. The van der Waals surface area contributed by atoms with Crippen LogP contribution in [0.4, 0.5) is 0 Å². The standard InChI is InChI=1S/C26H32ClNO3Si/c1-5-12-20(17-24(29)23-19-30-25(18-27)28-23)31-32(26(2,3)4,21-13-8-6-9-14-21)22-15-10-7-11-16-22/h5-11,13-16,19-20,24,29H,1,12,17-18H2,2-4H3/t20-,24-/m1/s1. The summed E-state index contributed by atoms with van der Waals surface area (Å²) in [6.07, 6.45) is 3.24. The molecule has 2 aromatic carbocycles. The number of alkyl halides is 1. The van der Waals surface area contributed by atoms with Gasteiger partial charge in [0, 0.05) is 6.42 Å². The van der Waals surface area contributed by atoms with Crippen LogP contribution in [0.25, 0.3) is 0 Å². The molecular formula is C26H32ClNO3Si. The van der Waals surface area contributed by atoms with Gasteiger partial charge in [-0.05, 0) is 21.8 Å². The first-order chi connectivity index (χ1) is 15.3. The molecule has 0 saturated heterocycles. The van der Waals surface area contributed by atoms with Crippen molar-refractivity contribution in [3.05, 3.63) is 91.2 Å². The van der Waals surface area contributed by atoms with Crippen LogP contribution < -0.4 is 10.4 Å². The normalized spacial score (nSPS) is 14.2. The van der Waals surface area contributed by atoms with Crippen molar-refractivity contribution in [3.8, 4) is 0 Å². The third-order valence-electron chi connectivity index (χ3n) is 5.70. The fourth-order valence-electron chi connectivity index (χ4n) is 4.23. The topological polar surface area (TPSA) is 55.5 Å². The van der Waals surface area contributed by atoms with E-state index >= 15 is 0 Å². The van der Waals surface area contributed by atoms with E-state index in [-0.39, 0.29) is 17.0 Å². The molecule has 0 fully saturated rings. The van der Waals surface area contributed by atoms with Crippen LogP contribution in [0.3, 0.4) is 0 Å². The minimum absolute atomic E-state index is 0.153. The molecule has 0 bridgehead atoms. The third kappa shape index (κ3) is 5.23. The highest BCUT2D eigenvalue weighted by Gasteiger charge is 2.51. The quantitative estimate of drug-likeness (QED) is 0.247. The number of benzene rings is 2. The number of aliphatic hydroxyl groups excluding tert-OH is 1. The molecule has 170 valence electrons. The lowest BCUT2D eigenvalue weighted by Crippen LogP contribution is -2.67. The average Bonchev–Trinajstić information content (AvgIpc) is 3.27. The lowest BCUT2D eigenvalue weighted by molar-refractivity contribution is 0.0876. The Bertz CT molecular complexity index is 946. The monoisotopic (exact) mass is 469 g/mol. The van der Waals surface area contributed by atoms with E-state index in [4.69, 9.17) is 20.4 Å². The van der Waals surface area contributed by atoms with Crippen molar-refractivity contribution in [1.82, 2.24) is 4.98 Å². The number of rotatable bonds is 10. The van der Waals surface area contributed by atoms with Crippen molar-refractivity contribution in [3.63, 3.8) is 0 Å². The number of hydrogen-bond donors (Lipinski definition) is 1. The van der Waals surface area contributed by atoms with Gasteiger partial charge in [0.1, 0.15) is 18.1 Å². The van der Waals surface area contributed by atoms with Gasteiger partial charge in [-0.25, -0.2) is 4.98 Å². The second-order valence-corrected chi connectivity index (χ2v) is 13.5. The van der Waals surface area contributed by atoms with E-state index in [0.717, 1.165) is 0 Å². The van der Waals surface area contributed by atoms with E-state index in [2.05, 4.69) is 80.9 Å². The van der Waals surface area contributed by atoms with Gasteiger partial charge in [0.2, 0.25) is 5.89 Å². The number of oxazole rings is 1. The summed E-state index contributed by atoms with van der Waals surface area (Å²) in [6, 6.07) is 21.0. The maximum absolute atomic E-state index is 10.9. The fraction of sp³-hybridized carbons (Fsp3) is 0.346. The Morgan fingerprint density at radius 3 is 2.09 bits per heavy atom. The van der Waals surface area contributed by atoms with Crippen molar-refractivity contribution in [2.45, 2.75) is 56.7 Å². The zero-order valence-corrected chi connectivity index (χ0v) is 20.8. The van der Waals surface area contributed by atoms with Crippen LogP contribution >= 0.6 is 11.6 Å². The van der Waals surface area contributed by atoms with E-state index in [9.17, 15) is 5.11 Å². The van der Waals surface area contributed by atoms with Crippen molar-refractivity contribution >= 4 is 30.3 Å². The molecule has 0 saturated carbocycles. The molecule has 0 spiro atoms. The van der Waals surface area contributed by atoms with Gasteiger partial charge in [-0.1, -0.05) is 87.5 Å². The molecule has 0 aliphatic carbocycles. The van der Waals surface area contributed by atoms with Gasteiger partial charge in [-0.15, -0.1) is 18.2 Å². The van der Waals surface area contributed by atoms with E-state index < -0.39 is 14.4 Å². The van der Waals surface area contributed by atoms with Gasteiger partial charge in [0.25, 0.3) is 8.32 Å². The zero-order valence-electron chi connectivity index (χ0n) is 19.0. The molecule has 6 heteroatoms. The molecule has 2 atom stereocenters. The van der Waals surface area contributed by atoms with E-state index in [1.807, 2.05) is 18.2 Å². The Labute approximate surface area is 197 Å². The smallest absolute Gasteiger partial charge is 0.261 e. The van der Waals surface area contributed by atoms with E-state index in [0.29, 0.717) is 24.4 Å². The number of nitrogens with zero attached hydrogens (tertiary/aromatic N) is 1. The Balaban J connectivity index is 2.03. The third-order valence-corrected chi connectivity index (χ3v) is 11.0. The molecule has 32 heavy (non-hydrogen) atoms. The highest BCUT2D eigenvalue weighted by Crippen LogP contribution is 2.39. The van der Waals surface area contributed by atoms with Crippen LogP contribution in [0, 0.1) is 0 Å². The lowest BCUT2D eigenvalue weighted by Gasteiger charge is -2.45. The van der Waals surface area contributed by atoms with Crippen LogP contribution in [-0.4, -0.2) is 24.5 Å². The number of hydrogen-bond acceptors (Lipinski definition) is 4. The molecule has 1 heterocycles. The lowest BCUT2D eigenvalue weighted by atomic mass is 10.1. The fourth-order valence-corrected chi connectivity index (χ4v) is 9.06. The molecule has 4 nitrogen and oxygen atoms in total. The van der Waals surface area contributed by atoms with Gasteiger partial charge < -0.3 is 13.9 Å². The van der Waals surface area contributed by atoms with Gasteiger partial charge >= 0.3 is 0 Å². The summed E-state index contributed by atoms with van der Waals surface area (Å²) in [7, 11) is -2.74. The summed E-state index contributed by atoms with van der Waals surface area (Å²) in [6.45, 7) is 10.7. The van der Waals surface area contributed by atoms with E-state index in [1.54, 1.807) is 0 Å². The molecule has 0 radical (unpaired) electrons.